The van der Waals surface area contributed by atoms with Gasteiger partial charge in [0.05, 0.1) is 0 Å². The number of carbonyl (C=O) groups excluding carboxylic acids is 1. The number of primary amides is 1. The third-order valence-electron chi connectivity index (χ3n) is 7.46. The smallest absolute Gasteiger partial charge is 0.261 e. The predicted octanol–water partition coefficient (Wildman–Crippen LogP) is 8.07. The molecule has 0 fully saturated rings. The fourth-order valence-corrected chi connectivity index (χ4v) is 9.99. The van der Waals surface area contributed by atoms with Crippen LogP contribution in [0.1, 0.15) is 111 Å². The van der Waals surface area contributed by atoms with E-state index in [4.69, 9.17) is 10.2 Å². The molecule has 0 aliphatic heterocycles. The maximum atomic E-state index is 10.7. The highest BCUT2D eigenvalue weighted by Crippen LogP contribution is 2.36. The lowest BCUT2D eigenvalue weighted by Crippen LogP contribution is -2.66. The Kier molecular flexibility index (Phi) is 15.3. The van der Waals surface area contributed by atoms with E-state index in [1.165, 1.54) is 74.6 Å². The van der Waals surface area contributed by atoms with Gasteiger partial charge in [-0.1, -0.05) is 139 Å². The van der Waals surface area contributed by atoms with Crippen molar-refractivity contribution in [1.82, 2.24) is 0 Å². The zero-order chi connectivity index (χ0) is 27.5. The van der Waals surface area contributed by atoms with Crippen LogP contribution < -0.4 is 16.1 Å². The molecule has 0 saturated heterocycles. The minimum absolute atomic E-state index is 0.0498. The fourth-order valence-electron chi connectivity index (χ4n) is 5.39. The van der Waals surface area contributed by atoms with Gasteiger partial charge in [0.1, 0.15) is 0 Å². The van der Waals surface area contributed by atoms with E-state index < -0.39 is 8.32 Å². The van der Waals surface area contributed by atoms with Crippen molar-refractivity contribution in [3.8, 4) is 0 Å². The van der Waals surface area contributed by atoms with Crippen molar-refractivity contribution in [1.29, 1.82) is 0 Å². The van der Waals surface area contributed by atoms with Gasteiger partial charge in [0.2, 0.25) is 5.91 Å². The molecule has 210 valence electrons. The molecule has 0 saturated carbocycles. The second-order valence-corrected chi connectivity index (χ2v) is 16.0. The lowest BCUT2D eigenvalue weighted by Gasteiger charge is -2.43. The van der Waals surface area contributed by atoms with Gasteiger partial charge in [0, 0.05) is 13.0 Å². The monoisotopic (exact) mass is 535 g/mol. The van der Waals surface area contributed by atoms with Crippen molar-refractivity contribution in [2.75, 3.05) is 6.61 Å². The molecular formula is C34H53NO2Si. The van der Waals surface area contributed by atoms with Gasteiger partial charge in [-0.15, -0.1) is 0 Å². The summed E-state index contributed by atoms with van der Waals surface area (Å²) in [6.45, 7) is 7.88. The summed E-state index contributed by atoms with van der Waals surface area (Å²) in [5.41, 5.74) is 5.17. The molecule has 0 atom stereocenters. The van der Waals surface area contributed by atoms with Gasteiger partial charge in [-0.25, -0.2) is 0 Å². The van der Waals surface area contributed by atoms with E-state index in [1.54, 1.807) is 0 Å². The van der Waals surface area contributed by atoms with E-state index in [0.29, 0.717) is 6.42 Å². The summed E-state index contributed by atoms with van der Waals surface area (Å²) in [4.78, 5) is 10.7. The van der Waals surface area contributed by atoms with Crippen molar-refractivity contribution in [2.45, 2.75) is 116 Å². The second kappa shape index (κ2) is 18.2. The van der Waals surface area contributed by atoms with Crippen LogP contribution in [0.2, 0.25) is 5.04 Å². The lowest BCUT2D eigenvalue weighted by atomic mass is 10.1. The van der Waals surface area contributed by atoms with Crippen molar-refractivity contribution in [2.24, 2.45) is 5.73 Å². The van der Waals surface area contributed by atoms with E-state index in [9.17, 15) is 4.79 Å². The van der Waals surface area contributed by atoms with Gasteiger partial charge in [0.15, 0.2) is 0 Å². The molecule has 3 nitrogen and oxygen atoms in total. The van der Waals surface area contributed by atoms with Crippen LogP contribution in [-0.4, -0.2) is 20.8 Å². The summed E-state index contributed by atoms with van der Waals surface area (Å²) in [7, 11) is -2.39. The summed E-state index contributed by atoms with van der Waals surface area (Å²) in [6, 6.07) is 21.9. The highest BCUT2D eigenvalue weighted by molar-refractivity contribution is 6.99. The van der Waals surface area contributed by atoms with Crippen LogP contribution in [0.25, 0.3) is 0 Å². The van der Waals surface area contributed by atoms with Gasteiger partial charge in [-0.05, 0) is 53.9 Å². The molecule has 0 radical (unpaired) electrons. The maximum absolute atomic E-state index is 10.7. The average Bonchev–Trinajstić information content (AvgIpc) is 2.90. The highest BCUT2D eigenvalue weighted by atomic mass is 28.4. The molecule has 0 aromatic heterocycles. The van der Waals surface area contributed by atoms with Gasteiger partial charge in [-0.2, -0.15) is 0 Å². The van der Waals surface area contributed by atoms with Crippen LogP contribution in [0.3, 0.4) is 0 Å². The third-order valence-corrected chi connectivity index (χ3v) is 12.5. The average molecular weight is 536 g/mol. The summed E-state index contributed by atoms with van der Waals surface area (Å²) >= 11 is 0. The van der Waals surface area contributed by atoms with Crippen LogP contribution in [0.15, 0.2) is 72.8 Å². The number of carbonyl (C=O) groups is 1. The van der Waals surface area contributed by atoms with Crippen LogP contribution in [0.4, 0.5) is 0 Å². The Morgan fingerprint density at radius 3 is 1.55 bits per heavy atom. The largest absolute Gasteiger partial charge is 0.407 e. The number of benzene rings is 2. The van der Waals surface area contributed by atoms with E-state index in [1.807, 2.05) is 0 Å². The lowest BCUT2D eigenvalue weighted by molar-refractivity contribution is -0.118. The van der Waals surface area contributed by atoms with Crippen LogP contribution >= 0.6 is 0 Å². The molecule has 2 rings (SSSR count). The topological polar surface area (TPSA) is 52.3 Å². The number of unbranched alkanes of at least 4 members (excludes halogenated alkanes) is 11. The van der Waals surface area contributed by atoms with Gasteiger partial charge >= 0.3 is 0 Å². The molecular weight excluding hydrogens is 482 g/mol. The first-order valence-corrected chi connectivity index (χ1v) is 17.0. The van der Waals surface area contributed by atoms with Gasteiger partial charge < -0.3 is 10.2 Å². The zero-order valence-electron chi connectivity index (χ0n) is 24.4. The highest BCUT2D eigenvalue weighted by Gasteiger charge is 2.49. The SMILES string of the molecule is CC(C)(C)[Si](OCCCCCCCC=CCCCCCCCCC(N)=O)(c1ccccc1)c1ccccc1. The molecule has 2 aromatic carbocycles. The number of rotatable bonds is 20. The van der Waals surface area contributed by atoms with Gasteiger partial charge in [-0.3, -0.25) is 4.79 Å². The normalized spacial score (nSPS) is 12.3. The summed E-state index contributed by atoms with van der Waals surface area (Å²) in [6.07, 6.45) is 21.0. The Balaban J connectivity index is 1.63. The van der Waals surface area contributed by atoms with E-state index >= 15 is 0 Å². The van der Waals surface area contributed by atoms with Crippen molar-refractivity contribution in [3.63, 3.8) is 0 Å². The van der Waals surface area contributed by atoms with Gasteiger partial charge in [0.25, 0.3) is 8.32 Å². The Morgan fingerprint density at radius 1 is 0.684 bits per heavy atom. The molecule has 2 N–H and O–H groups in total. The van der Waals surface area contributed by atoms with Crippen molar-refractivity contribution in [3.05, 3.63) is 72.8 Å². The first-order valence-electron chi connectivity index (χ1n) is 15.1. The number of nitrogens with two attached hydrogens (primary N) is 1. The van der Waals surface area contributed by atoms with Crippen LogP contribution in [-0.2, 0) is 9.22 Å². The second-order valence-electron chi connectivity index (χ2n) is 11.7. The molecule has 0 spiro atoms. The van der Waals surface area contributed by atoms with Crippen molar-refractivity contribution < 1.29 is 9.22 Å². The first-order chi connectivity index (χ1) is 18.4. The quantitative estimate of drug-likeness (QED) is 0.106. The number of hydrogen-bond acceptors (Lipinski definition) is 2. The minimum atomic E-state index is -2.39. The Labute approximate surface area is 234 Å². The summed E-state index contributed by atoms with van der Waals surface area (Å²) in [5, 5.41) is 2.78. The Morgan fingerprint density at radius 2 is 1.11 bits per heavy atom. The maximum Gasteiger partial charge on any atom is 0.261 e. The van der Waals surface area contributed by atoms with Crippen molar-refractivity contribution >= 4 is 24.6 Å². The Bertz CT molecular complexity index is 866. The van der Waals surface area contributed by atoms with Crippen LogP contribution in [0, 0.1) is 0 Å². The molecule has 0 unspecified atom stereocenters. The number of allylic oxidation sites excluding steroid dienone is 2. The predicted molar refractivity (Wildman–Crippen MR) is 167 cm³/mol. The first kappa shape index (κ1) is 32.0. The minimum Gasteiger partial charge on any atom is -0.407 e. The van der Waals surface area contributed by atoms with E-state index in [2.05, 4.69) is 93.6 Å². The molecule has 0 aliphatic rings. The molecule has 38 heavy (non-hydrogen) atoms. The fraction of sp³-hybridized carbons (Fsp3) is 0.559. The standard InChI is InChI=1S/C34H53NO2Si/c1-34(2,3)38(31-25-19-17-20-26-31,32-27-21-18-22-28-32)37-30-24-16-14-12-10-8-6-4-5-7-9-11-13-15-23-29-33(35)36/h4,6,17-22,25-28H,5,7-16,23-24,29-30H2,1-3H3,(H2,35,36). The molecule has 4 heteroatoms. The van der Waals surface area contributed by atoms with E-state index in [-0.39, 0.29) is 10.9 Å². The number of amides is 1. The Hall–Kier alpha value is -2.17. The number of hydrogen-bond donors (Lipinski definition) is 1. The molecule has 0 heterocycles. The van der Waals surface area contributed by atoms with Crippen LogP contribution in [0.5, 0.6) is 0 Å². The molecule has 0 bridgehead atoms. The summed E-state index contributed by atoms with van der Waals surface area (Å²) in [5.74, 6) is -0.171. The molecule has 0 aliphatic carbocycles. The van der Waals surface area contributed by atoms with E-state index in [0.717, 1.165) is 25.9 Å². The molecule has 2 aromatic rings. The summed E-state index contributed by atoms with van der Waals surface area (Å²) < 4.78 is 7.00. The zero-order valence-corrected chi connectivity index (χ0v) is 25.4. The third kappa shape index (κ3) is 11.3. The molecule has 1 amide bonds.